The standard InChI is InChI=1S/C21H28N4/c1-5-21(6-2)12-11-16-9-7-8-10-17(16)25-18-13-22-14-23-19(18)24(15(3)4)20(21)25/h7-10,13-15,20H,5-6,11-12H2,1-4H3. The molecule has 1 atom stereocenters. The van der Waals surface area contributed by atoms with E-state index < -0.39 is 0 Å². The predicted molar refractivity (Wildman–Crippen MR) is 103 cm³/mol. The maximum absolute atomic E-state index is 4.70. The van der Waals surface area contributed by atoms with Crippen LogP contribution in [0.2, 0.25) is 0 Å². The van der Waals surface area contributed by atoms with Crippen LogP contribution < -0.4 is 9.80 Å². The fourth-order valence-corrected chi connectivity index (χ4v) is 4.85. The molecule has 4 heteroatoms. The summed E-state index contributed by atoms with van der Waals surface area (Å²) in [5.41, 5.74) is 4.17. The molecule has 0 amide bonds. The normalized spacial score (nSPS) is 20.9. The minimum absolute atomic E-state index is 0.240. The van der Waals surface area contributed by atoms with Crippen molar-refractivity contribution >= 4 is 17.2 Å². The van der Waals surface area contributed by atoms with Gasteiger partial charge in [0.25, 0.3) is 0 Å². The van der Waals surface area contributed by atoms with Crippen LogP contribution in [-0.2, 0) is 6.42 Å². The summed E-state index contributed by atoms with van der Waals surface area (Å²) in [4.78, 5) is 14.1. The van der Waals surface area contributed by atoms with Gasteiger partial charge >= 0.3 is 0 Å². The molecule has 2 aliphatic heterocycles. The van der Waals surface area contributed by atoms with Crippen molar-refractivity contribution in [2.45, 2.75) is 65.6 Å². The van der Waals surface area contributed by atoms with Gasteiger partial charge in [0.05, 0.1) is 6.20 Å². The molecule has 25 heavy (non-hydrogen) atoms. The largest absolute Gasteiger partial charge is 0.331 e. The van der Waals surface area contributed by atoms with Gasteiger partial charge in [-0.3, -0.25) is 0 Å². The Balaban J connectivity index is 2.00. The third kappa shape index (κ3) is 2.26. The third-order valence-electron chi connectivity index (χ3n) is 6.34. The second kappa shape index (κ2) is 6.01. The Morgan fingerprint density at radius 1 is 1.16 bits per heavy atom. The number of anilines is 3. The van der Waals surface area contributed by atoms with Gasteiger partial charge in [-0.25, -0.2) is 9.97 Å². The van der Waals surface area contributed by atoms with Gasteiger partial charge in [-0.15, -0.1) is 0 Å². The average Bonchev–Trinajstić information content (AvgIpc) is 2.92. The lowest BCUT2D eigenvalue weighted by molar-refractivity contribution is 0.183. The van der Waals surface area contributed by atoms with Gasteiger partial charge < -0.3 is 9.80 Å². The van der Waals surface area contributed by atoms with Gasteiger partial charge in [0, 0.05) is 17.1 Å². The summed E-state index contributed by atoms with van der Waals surface area (Å²) in [7, 11) is 0. The minimum Gasteiger partial charge on any atom is -0.331 e. The smallest absolute Gasteiger partial charge is 0.157 e. The molecule has 1 unspecified atom stereocenters. The molecule has 132 valence electrons. The number of nitrogens with zero attached hydrogens (tertiary/aromatic N) is 4. The number of hydrogen-bond acceptors (Lipinski definition) is 4. The Morgan fingerprint density at radius 3 is 2.64 bits per heavy atom. The van der Waals surface area contributed by atoms with Crippen LogP contribution in [0.5, 0.6) is 0 Å². The van der Waals surface area contributed by atoms with Gasteiger partial charge in [-0.2, -0.15) is 0 Å². The maximum Gasteiger partial charge on any atom is 0.157 e. The lowest BCUT2D eigenvalue weighted by atomic mass is 9.74. The second-order valence-corrected chi connectivity index (χ2v) is 7.67. The minimum atomic E-state index is 0.240. The average molecular weight is 336 g/mol. The zero-order chi connectivity index (χ0) is 17.6. The SMILES string of the molecule is CCC1(CC)CCc2ccccc2N2c3cncnc3N(C(C)C)C21. The van der Waals surface area contributed by atoms with Gasteiger partial charge in [0.1, 0.15) is 18.2 Å². The molecule has 0 radical (unpaired) electrons. The van der Waals surface area contributed by atoms with Crippen LogP contribution in [0.15, 0.2) is 36.8 Å². The lowest BCUT2D eigenvalue weighted by Gasteiger charge is -2.46. The van der Waals surface area contributed by atoms with Gasteiger partial charge in [0.2, 0.25) is 0 Å². The van der Waals surface area contributed by atoms with Crippen molar-refractivity contribution in [1.82, 2.24) is 9.97 Å². The van der Waals surface area contributed by atoms with Crippen LogP contribution in [0.3, 0.4) is 0 Å². The molecule has 0 bridgehead atoms. The van der Waals surface area contributed by atoms with Gasteiger partial charge in [-0.1, -0.05) is 32.0 Å². The first kappa shape index (κ1) is 16.4. The molecule has 0 fully saturated rings. The van der Waals surface area contributed by atoms with E-state index in [1.165, 1.54) is 30.5 Å². The van der Waals surface area contributed by atoms with Crippen LogP contribution >= 0.6 is 0 Å². The molecule has 0 saturated heterocycles. The quantitative estimate of drug-likeness (QED) is 0.796. The molecule has 3 heterocycles. The summed E-state index contributed by atoms with van der Waals surface area (Å²) >= 11 is 0. The van der Waals surface area contributed by atoms with E-state index in [2.05, 4.69) is 66.7 Å². The summed E-state index contributed by atoms with van der Waals surface area (Å²) in [6.45, 7) is 9.26. The maximum atomic E-state index is 4.70. The van der Waals surface area contributed by atoms with Crippen LogP contribution in [0.25, 0.3) is 0 Å². The third-order valence-corrected chi connectivity index (χ3v) is 6.34. The molecular weight excluding hydrogens is 308 g/mol. The summed E-state index contributed by atoms with van der Waals surface area (Å²) in [5, 5.41) is 0. The van der Waals surface area contributed by atoms with Gasteiger partial charge in [0.15, 0.2) is 5.82 Å². The molecule has 4 nitrogen and oxygen atoms in total. The van der Waals surface area contributed by atoms with E-state index in [0.29, 0.717) is 12.2 Å². The van der Waals surface area contributed by atoms with E-state index >= 15 is 0 Å². The highest BCUT2D eigenvalue weighted by Gasteiger charge is 2.51. The number of aryl methyl sites for hydroxylation is 1. The summed E-state index contributed by atoms with van der Waals surface area (Å²) in [6.07, 6.45) is 8.68. The first-order valence-corrected chi connectivity index (χ1v) is 9.58. The zero-order valence-corrected chi connectivity index (χ0v) is 15.7. The number of hydrogen-bond donors (Lipinski definition) is 0. The Morgan fingerprint density at radius 2 is 1.92 bits per heavy atom. The summed E-state index contributed by atoms with van der Waals surface area (Å²) in [5.74, 6) is 1.08. The second-order valence-electron chi connectivity index (χ2n) is 7.67. The van der Waals surface area contributed by atoms with Crippen molar-refractivity contribution in [3.8, 4) is 0 Å². The molecule has 1 aromatic heterocycles. The molecule has 2 aromatic rings. The Bertz CT molecular complexity index is 766. The van der Waals surface area contributed by atoms with E-state index in [1.807, 2.05) is 6.20 Å². The van der Waals surface area contributed by atoms with E-state index in [0.717, 1.165) is 17.9 Å². The van der Waals surface area contributed by atoms with Crippen molar-refractivity contribution < 1.29 is 0 Å². The monoisotopic (exact) mass is 336 g/mol. The first-order valence-electron chi connectivity index (χ1n) is 9.58. The first-order chi connectivity index (χ1) is 12.1. The van der Waals surface area contributed by atoms with Crippen LogP contribution in [-0.4, -0.2) is 22.2 Å². The highest BCUT2D eigenvalue weighted by atomic mass is 15.5. The van der Waals surface area contributed by atoms with E-state index in [4.69, 9.17) is 4.98 Å². The highest BCUT2D eigenvalue weighted by molar-refractivity contribution is 5.82. The lowest BCUT2D eigenvalue weighted by Crippen LogP contribution is -2.54. The van der Waals surface area contributed by atoms with E-state index in [9.17, 15) is 0 Å². The number of aromatic nitrogens is 2. The van der Waals surface area contributed by atoms with E-state index in [1.54, 1.807) is 6.33 Å². The van der Waals surface area contributed by atoms with Crippen molar-refractivity contribution in [1.29, 1.82) is 0 Å². The van der Waals surface area contributed by atoms with Crippen LogP contribution in [0.4, 0.5) is 17.2 Å². The van der Waals surface area contributed by atoms with Gasteiger partial charge in [-0.05, 0) is 51.2 Å². The Labute approximate surface area is 150 Å². The molecule has 0 N–H and O–H groups in total. The molecule has 0 spiro atoms. The molecule has 0 saturated carbocycles. The fraction of sp³-hybridized carbons (Fsp3) is 0.524. The number of fused-ring (bicyclic) bond motifs is 5. The summed E-state index contributed by atoms with van der Waals surface area (Å²) < 4.78 is 0. The van der Waals surface area contributed by atoms with E-state index in [-0.39, 0.29) is 5.41 Å². The molecular formula is C21H28N4. The number of para-hydroxylation sites is 1. The van der Waals surface area contributed by atoms with Crippen molar-refractivity contribution in [3.05, 3.63) is 42.4 Å². The molecule has 2 aliphatic rings. The molecule has 4 rings (SSSR count). The predicted octanol–water partition coefficient (Wildman–Crippen LogP) is 4.92. The van der Waals surface area contributed by atoms with Crippen LogP contribution in [0, 0.1) is 5.41 Å². The topological polar surface area (TPSA) is 32.3 Å². The van der Waals surface area contributed by atoms with Crippen molar-refractivity contribution in [2.75, 3.05) is 9.80 Å². The van der Waals surface area contributed by atoms with Crippen molar-refractivity contribution in [3.63, 3.8) is 0 Å². The Kier molecular flexibility index (Phi) is 3.94. The Hall–Kier alpha value is -2.10. The molecule has 0 aliphatic carbocycles. The van der Waals surface area contributed by atoms with Crippen LogP contribution in [0.1, 0.15) is 52.5 Å². The molecule has 1 aromatic carbocycles. The number of rotatable bonds is 3. The zero-order valence-electron chi connectivity index (χ0n) is 15.7. The highest BCUT2D eigenvalue weighted by Crippen LogP contribution is 2.54. The number of benzene rings is 1. The van der Waals surface area contributed by atoms with Crippen molar-refractivity contribution in [2.24, 2.45) is 5.41 Å². The fourth-order valence-electron chi connectivity index (χ4n) is 4.85. The summed E-state index contributed by atoms with van der Waals surface area (Å²) in [6, 6.07) is 9.27.